The normalized spacial score (nSPS) is 16.8. The molecule has 0 spiro atoms. The summed E-state index contributed by atoms with van der Waals surface area (Å²) in [6.07, 6.45) is 0.514. The third-order valence-electron chi connectivity index (χ3n) is 5.96. The summed E-state index contributed by atoms with van der Waals surface area (Å²) >= 11 is 0. The number of aromatic nitrogens is 3. The van der Waals surface area contributed by atoms with E-state index >= 15 is 0 Å². The average Bonchev–Trinajstić information content (AvgIpc) is 3.17. The average molecular weight is 434 g/mol. The highest BCUT2D eigenvalue weighted by Gasteiger charge is 2.33. The zero-order chi connectivity index (χ0) is 22.7. The van der Waals surface area contributed by atoms with E-state index in [4.69, 9.17) is 0 Å². The Kier molecular flexibility index (Phi) is 6.20. The van der Waals surface area contributed by atoms with E-state index in [0.717, 1.165) is 16.7 Å². The predicted octanol–water partition coefficient (Wildman–Crippen LogP) is 2.24. The molecule has 2 amide bonds. The van der Waals surface area contributed by atoms with Gasteiger partial charge in [-0.05, 0) is 37.0 Å². The van der Waals surface area contributed by atoms with Gasteiger partial charge in [0.05, 0.1) is 5.92 Å². The summed E-state index contributed by atoms with van der Waals surface area (Å²) in [4.78, 5) is 43.4. The molecule has 2 N–H and O–H groups in total. The highest BCUT2D eigenvalue weighted by atomic mass is 16.2. The molecule has 1 aliphatic heterocycles. The molecule has 0 saturated carbocycles. The van der Waals surface area contributed by atoms with E-state index in [9.17, 15) is 14.4 Å². The fraction of sp³-hybridized carbons (Fsp3) is 0.333. The first-order valence-electron chi connectivity index (χ1n) is 10.8. The summed E-state index contributed by atoms with van der Waals surface area (Å²) in [6.45, 7) is 5.69. The molecule has 1 saturated heterocycles. The van der Waals surface area contributed by atoms with Crippen molar-refractivity contribution in [1.29, 1.82) is 0 Å². The standard InChI is InChI=1S/C24H27N5O3/c1-3-28-12-13-29(23(31)21-25-24(32)27-26-21)15-19(22(28)30)14-18-6-4-5-7-20(18)17-10-8-16(2)9-11-17/h4-11,19H,3,12-15H2,1-2H3,(H2,25,26,27,32). The van der Waals surface area contributed by atoms with Crippen LogP contribution in [0.5, 0.6) is 0 Å². The van der Waals surface area contributed by atoms with Gasteiger partial charge in [-0.15, -0.1) is 5.10 Å². The first-order chi connectivity index (χ1) is 15.5. The van der Waals surface area contributed by atoms with Crippen LogP contribution in [0.4, 0.5) is 0 Å². The summed E-state index contributed by atoms with van der Waals surface area (Å²) in [5.41, 5.74) is 3.91. The van der Waals surface area contributed by atoms with Crippen molar-refractivity contribution in [3.8, 4) is 11.1 Å². The van der Waals surface area contributed by atoms with Crippen molar-refractivity contribution in [2.45, 2.75) is 20.3 Å². The fourth-order valence-electron chi connectivity index (χ4n) is 4.20. The summed E-state index contributed by atoms with van der Waals surface area (Å²) in [5.74, 6) is -0.771. The van der Waals surface area contributed by atoms with E-state index < -0.39 is 11.6 Å². The van der Waals surface area contributed by atoms with E-state index in [1.54, 1.807) is 9.80 Å². The minimum atomic E-state index is -0.530. The lowest BCUT2D eigenvalue weighted by Crippen LogP contribution is -2.38. The SMILES string of the molecule is CCN1CCN(C(=O)c2n[nH]c(=O)[nH]2)CC(Cc2ccccc2-c2ccc(C)cc2)C1=O. The van der Waals surface area contributed by atoms with Crippen LogP contribution in [0.1, 0.15) is 28.7 Å². The van der Waals surface area contributed by atoms with Crippen LogP contribution in [0.15, 0.2) is 53.3 Å². The quantitative estimate of drug-likeness (QED) is 0.644. The largest absolute Gasteiger partial charge is 0.341 e. The Morgan fingerprint density at radius 2 is 1.84 bits per heavy atom. The molecule has 0 radical (unpaired) electrons. The number of likely N-dealkylation sites (N-methyl/N-ethyl adjacent to an activating group) is 1. The number of benzene rings is 2. The van der Waals surface area contributed by atoms with Crippen LogP contribution in [0, 0.1) is 12.8 Å². The molecule has 1 aromatic heterocycles. The molecule has 2 heterocycles. The van der Waals surface area contributed by atoms with Crippen molar-refractivity contribution in [1.82, 2.24) is 25.0 Å². The number of carbonyl (C=O) groups excluding carboxylic acids is 2. The Hall–Kier alpha value is -3.68. The number of nitrogens with zero attached hydrogens (tertiary/aromatic N) is 3. The van der Waals surface area contributed by atoms with Crippen molar-refractivity contribution in [3.63, 3.8) is 0 Å². The molecule has 8 heteroatoms. The van der Waals surface area contributed by atoms with Crippen LogP contribution < -0.4 is 5.69 Å². The number of H-pyrrole nitrogens is 2. The molecule has 4 rings (SSSR count). The van der Waals surface area contributed by atoms with Gasteiger partial charge in [-0.25, -0.2) is 9.89 Å². The molecule has 8 nitrogen and oxygen atoms in total. The summed E-state index contributed by atoms with van der Waals surface area (Å²) in [5, 5.41) is 5.99. The number of carbonyl (C=O) groups is 2. The molecule has 3 aromatic rings. The lowest BCUT2D eigenvalue weighted by atomic mass is 9.91. The Morgan fingerprint density at radius 3 is 2.53 bits per heavy atom. The number of hydrogen-bond acceptors (Lipinski definition) is 4. The molecule has 1 unspecified atom stereocenters. The Bertz CT molecular complexity index is 1160. The van der Waals surface area contributed by atoms with Gasteiger partial charge in [0.1, 0.15) is 0 Å². The van der Waals surface area contributed by atoms with Crippen molar-refractivity contribution in [2.24, 2.45) is 5.92 Å². The maximum Gasteiger partial charge on any atom is 0.341 e. The molecule has 0 aliphatic carbocycles. The van der Waals surface area contributed by atoms with Gasteiger partial charge in [-0.3, -0.25) is 14.6 Å². The van der Waals surface area contributed by atoms with E-state index in [0.29, 0.717) is 26.1 Å². The van der Waals surface area contributed by atoms with E-state index in [-0.39, 0.29) is 24.2 Å². The van der Waals surface area contributed by atoms with E-state index in [1.807, 2.05) is 25.1 Å². The topological polar surface area (TPSA) is 102 Å². The number of aromatic amines is 2. The van der Waals surface area contributed by atoms with Gasteiger partial charge in [-0.2, -0.15) is 0 Å². The lowest BCUT2D eigenvalue weighted by Gasteiger charge is -2.24. The highest BCUT2D eigenvalue weighted by molar-refractivity contribution is 5.91. The third kappa shape index (κ3) is 4.49. The summed E-state index contributed by atoms with van der Waals surface area (Å²) in [7, 11) is 0. The Balaban J connectivity index is 1.63. The molecule has 166 valence electrons. The van der Waals surface area contributed by atoms with E-state index in [2.05, 4.69) is 52.4 Å². The molecule has 2 aromatic carbocycles. The van der Waals surface area contributed by atoms with Gasteiger partial charge < -0.3 is 9.80 Å². The number of nitrogens with one attached hydrogen (secondary N) is 2. The van der Waals surface area contributed by atoms with Crippen LogP contribution in [0.2, 0.25) is 0 Å². The second-order valence-electron chi connectivity index (χ2n) is 8.12. The summed E-state index contributed by atoms with van der Waals surface area (Å²) in [6, 6.07) is 16.4. The molecule has 32 heavy (non-hydrogen) atoms. The van der Waals surface area contributed by atoms with Crippen molar-refractivity contribution >= 4 is 11.8 Å². The fourth-order valence-corrected chi connectivity index (χ4v) is 4.20. The highest BCUT2D eigenvalue weighted by Crippen LogP contribution is 2.27. The van der Waals surface area contributed by atoms with Gasteiger partial charge in [0.15, 0.2) is 0 Å². The van der Waals surface area contributed by atoms with Gasteiger partial charge in [-0.1, -0.05) is 54.1 Å². The van der Waals surface area contributed by atoms with Crippen LogP contribution in [0.25, 0.3) is 11.1 Å². The zero-order valence-corrected chi connectivity index (χ0v) is 18.3. The molecular weight excluding hydrogens is 406 g/mol. The monoisotopic (exact) mass is 433 g/mol. The second-order valence-corrected chi connectivity index (χ2v) is 8.12. The van der Waals surface area contributed by atoms with Gasteiger partial charge in [0, 0.05) is 26.2 Å². The lowest BCUT2D eigenvalue weighted by molar-refractivity contribution is -0.134. The van der Waals surface area contributed by atoms with Crippen LogP contribution >= 0.6 is 0 Å². The molecule has 0 bridgehead atoms. The minimum absolute atomic E-state index is 0.0359. The smallest absolute Gasteiger partial charge is 0.341 e. The maximum atomic E-state index is 13.3. The van der Waals surface area contributed by atoms with Gasteiger partial charge in [0.2, 0.25) is 11.7 Å². The summed E-state index contributed by atoms with van der Waals surface area (Å²) < 4.78 is 0. The van der Waals surface area contributed by atoms with Crippen LogP contribution in [-0.4, -0.2) is 63.0 Å². The van der Waals surface area contributed by atoms with Crippen molar-refractivity contribution < 1.29 is 9.59 Å². The number of aryl methyl sites for hydroxylation is 1. The molecule has 1 aliphatic rings. The number of rotatable bonds is 5. The molecular formula is C24H27N5O3. The van der Waals surface area contributed by atoms with Crippen LogP contribution in [0.3, 0.4) is 0 Å². The maximum absolute atomic E-state index is 13.3. The Labute approximate surface area is 186 Å². The van der Waals surface area contributed by atoms with Gasteiger partial charge >= 0.3 is 5.69 Å². The second kappa shape index (κ2) is 9.21. The number of hydrogen-bond donors (Lipinski definition) is 2. The van der Waals surface area contributed by atoms with Crippen molar-refractivity contribution in [3.05, 3.63) is 76.0 Å². The van der Waals surface area contributed by atoms with Crippen molar-refractivity contribution in [2.75, 3.05) is 26.2 Å². The predicted molar refractivity (Wildman–Crippen MR) is 121 cm³/mol. The Morgan fingerprint density at radius 1 is 1.09 bits per heavy atom. The first kappa shape index (κ1) is 21.5. The van der Waals surface area contributed by atoms with Crippen LogP contribution in [-0.2, 0) is 11.2 Å². The first-order valence-corrected chi connectivity index (χ1v) is 10.8. The number of amides is 2. The molecule has 1 fully saturated rings. The van der Waals surface area contributed by atoms with Gasteiger partial charge in [0.25, 0.3) is 5.91 Å². The molecule has 1 atom stereocenters. The minimum Gasteiger partial charge on any atom is -0.341 e. The third-order valence-corrected chi connectivity index (χ3v) is 5.96. The zero-order valence-electron chi connectivity index (χ0n) is 18.3. The van der Waals surface area contributed by atoms with E-state index in [1.165, 1.54) is 5.56 Å².